The molecule has 4 atom stereocenters. The van der Waals surface area contributed by atoms with Gasteiger partial charge in [-0.05, 0) is 6.42 Å². The van der Waals surface area contributed by atoms with E-state index in [0.29, 0.717) is 13.0 Å². The topological polar surface area (TPSA) is 67.8 Å². The van der Waals surface area contributed by atoms with Crippen LogP contribution in [0.5, 0.6) is 0 Å². The number of nitrogens with one attached hydrogen (secondary N) is 1. The zero-order valence-corrected chi connectivity index (χ0v) is 10.8. The maximum absolute atomic E-state index is 11.1. The van der Waals surface area contributed by atoms with Gasteiger partial charge in [0.2, 0.25) is 0 Å². The molecule has 0 aromatic rings. The Hall–Kier alpha value is 0.865. The quantitative estimate of drug-likeness (QED) is 0.444. The molecule has 80 valence electrons. The highest BCUT2D eigenvalue weighted by Gasteiger charge is 2.35. The number of halogens is 1. The summed E-state index contributed by atoms with van der Waals surface area (Å²) < 4.78 is 21.4. The van der Waals surface area contributed by atoms with Crippen LogP contribution in [-0.4, -0.2) is 44.6 Å². The van der Waals surface area contributed by atoms with Crippen LogP contribution < -0.4 is 5.09 Å². The third kappa shape index (κ3) is 4.16. The van der Waals surface area contributed by atoms with E-state index in [9.17, 15) is 4.57 Å². The first-order valence-corrected chi connectivity index (χ1v) is 8.57. The van der Waals surface area contributed by atoms with Crippen molar-refractivity contribution >= 4 is 35.0 Å². The van der Waals surface area contributed by atoms with Crippen molar-refractivity contribution in [3.63, 3.8) is 0 Å². The van der Waals surface area contributed by atoms with Crippen LogP contribution in [-0.2, 0) is 14.0 Å². The molecule has 0 aromatic heterocycles. The minimum atomic E-state index is -3.27. The van der Waals surface area contributed by atoms with Crippen LogP contribution in [0, 0.1) is 0 Å². The second-order valence-corrected chi connectivity index (χ2v) is 8.33. The largest absolute Gasteiger partial charge is 0.382 e. The summed E-state index contributed by atoms with van der Waals surface area (Å²) >= 11 is 1.47. The lowest BCUT2D eigenvalue weighted by Gasteiger charge is -2.19. The molecular formula is C6H12BINO4P. The average Bonchev–Trinajstić information content (AvgIpc) is 2.28. The van der Waals surface area contributed by atoms with Gasteiger partial charge >= 0.3 is 5.16 Å². The molecule has 0 aliphatic carbocycles. The van der Waals surface area contributed by atoms with E-state index < -0.39 is 11.2 Å². The van der Waals surface area contributed by atoms with Crippen LogP contribution >= 0.6 is 27.2 Å². The molecule has 0 bridgehead atoms. The van der Waals surface area contributed by atoms with E-state index in [1.54, 1.807) is 7.11 Å². The molecule has 2 unspecified atom stereocenters. The van der Waals surface area contributed by atoms with Gasteiger partial charge in [-0.3, -0.25) is 4.57 Å². The van der Waals surface area contributed by atoms with Crippen LogP contribution in [0.4, 0.5) is 0 Å². The Bertz CT molecular complexity index is 238. The molecule has 5 nitrogen and oxygen atoms in total. The van der Waals surface area contributed by atoms with Crippen molar-refractivity contribution < 1.29 is 18.9 Å². The Morgan fingerprint density at radius 3 is 3.00 bits per heavy atom. The van der Waals surface area contributed by atoms with Gasteiger partial charge in [-0.2, -0.15) is 0 Å². The zero-order chi connectivity index (χ0) is 10.8. The Morgan fingerprint density at radius 2 is 2.50 bits per heavy atom. The van der Waals surface area contributed by atoms with Crippen molar-refractivity contribution in [2.75, 3.05) is 13.7 Å². The highest BCUT2D eigenvalue weighted by atomic mass is 127. The van der Waals surface area contributed by atoms with Gasteiger partial charge < -0.3 is 14.4 Å². The second-order valence-electron chi connectivity index (χ2n) is 3.14. The van der Waals surface area contributed by atoms with Crippen LogP contribution in [0.25, 0.3) is 0 Å². The normalized spacial score (nSPS) is 36.9. The van der Waals surface area contributed by atoms with E-state index in [1.807, 2.05) is 0 Å². The third-order valence-corrected chi connectivity index (χ3v) is 3.43. The maximum atomic E-state index is 11.1. The summed E-state index contributed by atoms with van der Waals surface area (Å²) in [5.41, 5.74) is 0. The van der Waals surface area contributed by atoms with Crippen LogP contribution in [0.3, 0.4) is 0 Å². The highest BCUT2D eigenvalue weighted by molar-refractivity contribution is 14.2. The van der Waals surface area contributed by atoms with E-state index >= 15 is 0 Å². The van der Waals surface area contributed by atoms with Crippen molar-refractivity contribution in [2.24, 2.45) is 0 Å². The van der Waals surface area contributed by atoms with E-state index in [2.05, 4.69) is 5.09 Å². The fourth-order valence-corrected chi connectivity index (χ4v) is 3.19. The van der Waals surface area contributed by atoms with Crippen LogP contribution in [0.15, 0.2) is 0 Å². The minimum Gasteiger partial charge on any atom is -0.382 e. The zero-order valence-electron chi connectivity index (χ0n) is 7.72. The number of ether oxygens (including phenoxy) is 2. The second kappa shape index (κ2) is 5.27. The maximum Gasteiger partial charge on any atom is 0.325 e. The van der Waals surface area contributed by atoms with E-state index in [1.165, 1.54) is 22.0 Å². The Morgan fingerprint density at radius 1 is 1.86 bits per heavy atom. The Balaban J connectivity index is 2.53. The van der Waals surface area contributed by atoms with Crippen molar-refractivity contribution in [3.05, 3.63) is 0 Å². The van der Waals surface area contributed by atoms with Crippen molar-refractivity contribution in [1.82, 2.24) is 5.09 Å². The monoisotopic (exact) mass is 331 g/mol. The molecule has 1 heterocycles. The summed E-state index contributed by atoms with van der Waals surface area (Å²) in [6.07, 6.45) is 0.256. The molecule has 1 fully saturated rings. The Labute approximate surface area is 97.3 Å². The molecule has 2 N–H and O–H groups in total. The van der Waals surface area contributed by atoms with Crippen molar-refractivity contribution in [1.29, 1.82) is 0 Å². The van der Waals surface area contributed by atoms with Gasteiger partial charge in [-0.15, -0.1) is 0 Å². The summed E-state index contributed by atoms with van der Waals surface area (Å²) in [5, 5.41) is -0.677. The molecule has 0 amide bonds. The highest BCUT2D eigenvalue weighted by Crippen LogP contribution is 2.47. The molecule has 1 rings (SSSR count). The van der Waals surface area contributed by atoms with Gasteiger partial charge in [0, 0.05) is 41.2 Å². The molecule has 0 spiro atoms. The third-order valence-electron chi connectivity index (χ3n) is 1.94. The molecule has 1 aliphatic rings. The predicted molar refractivity (Wildman–Crippen MR) is 61.7 cm³/mol. The summed E-state index contributed by atoms with van der Waals surface area (Å²) in [6, 6.07) is -0.617. The van der Waals surface area contributed by atoms with Gasteiger partial charge in [-0.1, -0.05) is 0 Å². The lowest BCUT2D eigenvalue weighted by Crippen LogP contribution is -2.36. The first-order chi connectivity index (χ1) is 6.42. The average molecular weight is 331 g/mol. The van der Waals surface area contributed by atoms with Crippen LogP contribution in [0.1, 0.15) is 6.42 Å². The van der Waals surface area contributed by atoms with Crippen molar-refractivity contribution in [2.45, 2.75) is 24.6 Å². The first-order valence-electron chi connectivity index (χ1n) is 4.12. The number of hydrogen-bond acceptors (Lipinski definition) is 3. The van der Waals surface area contributed by atoms with Gasteiger partial charge in [0.25, 0.3) is 0 Å². The fourth-order valence-electron chi connectivity index (χ4n) is 1.44. The smallest absolute Gasteiger partial charge is 0.325 e. The number of methoxy groups -OCH3 is 1. The SMILES string of the molecule is [B][C@H]1CC(NP(=O)(O)I)[C@@H](COC)O1. The molecular weight excluding hydrogens is 319 g/mol. The number of hydrogen-bond donors (Lipinski definition) is 2. The molecule has 1 aliphatic heterocycles. The lowest BCUT2D eigenvalue weighted by molar-refractivity contribution is 0.0182. The van der Waals surface area contributed by atoms with Gasteiger partial charge in [0.1, 0.15) is 7.85 Å². The summed E-state index contributed by atoms with van der Waals surface area (Å²) in [6.45, 7) is 0.363. The van der Waals surface area contributed by atoms with Crippen molar-refractivity contribution in [3.8, 4) is 0 Å². The summed E-state index contributed by atoms with van der Waals surface area (Å²) in [4.78, 5) is 9.14. The Kier molecular flexibility index (Phi) is 4.87. The fraction of sp³-hybridized carbons (Fsp3) is 1.00. The summed E-state index contributed by atoms with van der Waals surface area (Å²) in [5.74, 6) is 0. The molecule has 8 heteroatoms. The minimum absolute atomic E-state index is 0.224. The van der Waals surface area contributed by atoms with E-state index in [0.717, 1.165) is 0 Å². The predicted octanol–water partition coefficient (Wildman–Crippen LogP) is 0.410. The first kappa shape index (κ1) is 12.9. The molecule has 0 aromatic carbocycles. The molecule has 1 saturated heterocycles. The molecule has 14 heavy (non-hydrogen) atoms. The lowest BCUT2D eigenvalue weighted by atomic mass is 9.95. The van der Waals surface area contributed by atoms with Gasteiger partial charge in [-0.25, -0.2) is 5.09 Å². The van der Waals surface area contributed by atoms with E-state index in [-0.39, 0.29) is 12.1 Å². The number of rotatable bonds is 4. The van der Waals surface area contributed by atoms with Crippen LogP contribution in [0.2, 0.25) is 0 Å². The summed E-state index contributed by atoms with van der Waals surface area (Å²) in [7, 11) is 7.12. The van der Waals surface area contributed by atoms with E-state index in [4.69, 9.17) is 22.2 Å². The molecule has 2 radical (unpaired) electrons. The molecule has 0 saturated carbocycles. The standard InChI is InChI=1S/C6H12BINO4P/c1-12-3-5-4(2-6(7)13-5)9-14(8,10)11/h4-6H,2-3H2,1H3,(H2,9,10,11)/t4?,5-,6-/m1/s1. The van der Waals surface area contributed by atoms with Gasteiger partial charge in [0.05, 0.1) is 12.7 Å². The van der Waals surface area contributed by atoms with Gasteiger partial charge in [0.15, 0.2) is 0 Å².